The van der Waals surface area contributed by atoms with Crippen molar-refractivity contribution in [1.29, 1.82) is 0 Å². The minimum atomic E-state index is -0.877. The van der Waals surface area contributed by atoms with E-state index in [0.29, 0.717) is 22.2 Å². The van der Waals surface area contributed by atoms with E-state index in [-0.39, 0.29) is 12.3 Å². The number of thiocarbonyl (C=S) groups is 1. The molecule has 2 aromatic rings. The molecule has 0 aliphatic carbocycles. The Labute approximate surface area is 148 Å². The SMILES string of the molecule is O=C(O)CCCN1C(=O)C(=Cc2cccc3cccnc23)SC1=S. The number of aliphatic carboxylic acids is 1. The number of amides is 1. The van der Waals surface area contributed by atoms with Crippen LogP contribution in [0.4, 0.5) is 0 Å². The highest BCUT2D eigenvalue weighted by Crippen LogP contribution is 2.33. The van der Waals surface area contributed by atoms with Gasteiger partial charge in [0.15, 0.2) is 0 Å². The first-order valence-electron chi connectivity index (χ1n) is 7.37. The van der Waals surface area contributed by atoms with Crippen LogP contribution >= 0.6 is 24.0 Å². The average Bonchev–Trinajstić information content (AvgIpc) is 2.82. The fourth-order valence-corrected chi connectivity index (χ4v) is 3.77. The fourth-order valence-electron chi connectivity index (χ4n) is 2.47. The van der Waals surface area contributed by atoms with E-state index in [0.717, 1.165) is 16.5 Å². The molecule has 0 atom stereocenters. The summed E-state index contributed by atoms with van der Waals surface area (Å²) in [6.07, 6.45) is 3.91. The smallest absolute Gasteiger partial charge is 0.303 e. The Morgan fingerprint density at radius 1 is 1.33 bits per heavy atom. The standard InChI is InChI=1S/C17H14N2O3S2/c20-14(21)7-3-9-19-16(22)13(24-17(19)23)10-12-5-1-4-11-6-2-8-18-15(11)12/h1-2,4-6,8,10H,3,7,9H2,(H,20,21). The van der Waals surface area contributed by atoms with Gasteiger partial charge in [-0.15, -0.1) is 0 Å². The van der Waals surface area contributed by atoms with Crippen molar-refractivity contribution in [2.45, 2.75) is 12.8 Å². The van der Waals surface area contributed by atoms with Crippen LogP contribution in [-0.2, 0) is 9.59 Å². The molecule has 1 aromatic heterocycles. The molecule has 1 fully saturated rings. The van der Waals surface area contributed by atoms with Crippen molar-refractivity contribution in [3.8, 4) is 0 Å². The Morgan fingerprint density at radius 2 is 2.12 bits per heavy atom. The number of para-hydroxylation sites is 1. The zero-order valence-corrected chi connectivity index (χ0v) is 14.3. The van der Waals surface area contributed by atoms with Crippen molar-refractivity contribution in [2.24, 2.45) is 0 Å². The lowest BCUT2D eigenvalue weighted by atomic mass is 10.1. The summed E-state index contributed by atoms with van der Waals surface area (Å²) in [7, 11) is 0. The molecule has 3 rings (SSSR count). The number of nitrogens with zero attached hydrogens (tertiary/aromatic N) is 2. The zero-order valence-electron chi connectivity index (χ0n) is 12.6. The van der Waals surface area contributed by atoms with E-state index < -0.39 is 5.97 Å². The van der Waals surface area contributed by atoms with Crippen LogP contribution in [0.25, 0.3) is 17.0 Å². The Balaban J connectivity index is 1.84. The average molecular weight is 358 g/mol. The number of fused-ring (bicyclic) bond motifs is 1. The van der Waals surface area contributed by atoms with Crippen LogP contribution < -0.4 is 0 Å². The molecule has 24 heavy (non-hydrogen) atoms. The summed E-state index contributed by atoms with van der Waals surface area (Å²) in [4.78, 5) is 29.5. The lowest BCUT2D eigenvalue weighted by Gasteiger charge is -2.13. The summed E-state index contributed by atoms with van der Waals surface area (Å²) >= 11 is 6.49. The minimum Gasteiger partial charge on any atom is -0.481 e. The second-order valence-electron chi connectivity index (χ2n) is 5.25. The van der Waals surface area contributed by atoms with E-state index in [1.165, 1.54) is 16.7 Å². The first-order chi connectivity index (χ1) is 11.6. The first-order valence-corrected chi connectivity index (χ1v) is 8.59. The molecule has 1 aliphatic rings. The molecule has 1 aliphatic heterocycles. The molecule has 1 aromatic carbocycles. The van der Waals surface area contributed by atoms with E-state index in [2.05, 4.69) is 4.98 Å². The van der Waals surface area contributed by atoms with E-state index in [9.17, 15) is 9.59 Å². The molecule has 7 heteroatoms. The molecule has 2 heterocycles. The number of thioether (sulfide) groups is 1. The number of carboxylic acids is 1. The van der Waals surface area contributed by atoms with Gasteiger partial charge in [0.1, 0.15) is 4.32 Å². The van der Waals surface area contributed by atoms with Crippen molar-refractivity contribution in [3.05, 3.63) is 47.0 Å². The van der Waals surface area contributed by atoms with Crippen LogP contribution in [-0.4, -0.2) is 37.7 Å². The number of carbonyl (C=O) groups excluding carboxylic acids is 1. The monoisotopic (exact) mass is 358 g/mol. The molecule has 0 saturated carbocycles. The van der Waals surface area contributed by atoms with Gasteiger partial charge in [0.25, 0.3) is 5.91 Å². The lowest BCUT2D eigenvalue weighted by Crippen LogP contribution is -2.29. The van der Waals surface area contributed by atoms with Gasteiger partial charge in [-0.1, -0.05) is 48.2 Å². The molecule has 1 saturated heterocycles. The highest BCUT2D eigenvalue weighted by molar-refractivity contribution is 8.26. The second-order valence-corrected chi connectivity index (χ2v) is 6.93. The summed E-state index contributed by atoms with van der Waals surface area (Å²) in [5, 5.41) is 9.71. The molecule has 0 radical (unpaired) electrons. The number of pyridine rings is 1. The third-order valence-corrected chi connectivity index (χ3v) is 4.97. The molecule has 122 valence electrons. The molecule has 5 nitrogen and oxygen atoms in total. The molecule has 1 amide bonds. The molecular formula is C17H14N2O3S2. The lowest BCUT2D eigenvalue weighted by molar-refractivity contribution is -0.137. The third kappa shape index (κ3) is 3.47. The fraction of sp³-hybridized carbons (Fsp3) is 0.176. The molecule has 0 unspecified atom stereocenters. The van der Waals surface area contributed by atoms with Crippen molar-refractivity contribution in [2.75, 3.05) is 6.54 Å². The van der Waals surface area contributed by atoms with Crippen LogP contribution in [0.1, 0.15) is 18.4 Å². The topological polar surface area (TPSA) is 70.5 Å². The second kappa shape index (κ2) is 7.11. The number of aromatic nitrogens is 1. The predicted octanol–water partition coefficient (Wildman–Crippen LogP) is 3.30. The van der Waals surface area contributed by atoms with Gasteiger partial charge in [-0.3, -0.25) is 19.5 Å². The van der Waals surface area contributed by atoms with E-state index >= 15 is 0 Å². The van der Waals surface area contributed by atoms with E-state index in [1.54, 1.807) is 12.3 Å². The van der Waals surface area contributed by atoms with Gasteiger partial charge >= 0.3 is 5.97 Å². The van der Waals surface area contributed by atoms with Crippen LogP contribution in [0.5, 0.6) is 0 Å². The highest BCUT2D eigenvalue weighted by Gasteiger charge is 2.31. The quantitative estimate of drug-likeness (QED) is 0.653. The Morgan fingerprint density at radius 3 is 2.92 bits per heavy atom. The van der Waals surface area contributed by atoms with Crippen molar-refractivity contribution in [1.82, 2.24) is 9.88 Å². The summed E-state index contributed by atoms with van der Waals surface area (Å²) < 4.78 is 0.463. The molecular weight excluding hydrogens is 344 g/mol. The van der Waals surface area contributed by atoms with Gasteiger partial charge in [-0.05, 0) is 18.6 Å². The van der Waals surface area contributed by atoms with Gasteiger partial charge in [-0.2, -0.15) is 0 Å². The third-order valence-electron chi connectivity index (χ3n) is 3.60. The number of carbonyl (C=O) groups is 2. The van der Waals surface area contributed by atoms with Gasteiger partial charge in [0, 0.05) is 30.1 Å². The summed E-state index contributed by atoms with van der Waals surface area (Å²) in [5.41, 5.74) is 1.69. The van der Waals surface area contributed by atoms with Gasteiger partial charge < -0.3 is 5.11 Å². The van der Waals surface area contributed by atoms with Gasteiger partial charge in [-0.25, -0.2) is 0 Å². The molecule has 0 bridgehead atoms. The number of hydrogen-bond donors (Lipinski definition) is 1. The predicted molar refractivity (Wildman–Crippen MR) is 98.5 cm³/mol. The van der Waals surface area contributed by atoms with E-state index in [4.69, 9.17) is 17.3 Å². The number of rotatable bonds is 5. The summed E-state index contributed by atoms with van der Waals surface area (Å²) in [6.45, 7) is 0.322. The maximum atomic E-state index is 12.5. The van der Waals surface area contributed by atoms with Crippen molar-refractivity contribution < 1.29 is 14.7 Å². The molecule has 0 spiro atoms. The minimum absolute atomic E-state index is 0.0172. The highest BCUT2D eigenvalue weighted by atomic mass is 32.2. The zero-order chi connectivity index (χ0) is 17.1. The maximum absolute atomic E-state index is 12.5. The summed E-state index contributed by atoms with van der Waals surface area (Å²) in [6, 6.07) is 9.64. The van der Waals surface area contributed by atoms with E-state index in [1.807, 2.05) is 30.3 Å². The van der Waals surface area contributed by atoms with Gasteiger partial charge in [0.05, 0.1) is 10.4 Å². The Kier molecular flexibility index (Phi) is 4.92. The number of hydrogen-bond acceptors (Lipinski definition) is 5. The van der Waals surface area contributed by atoms with Crippen molar-refractivity contribution >= 4 is 57.2 Å². The van der Waals surface area contributed by atoms with Crippen LogP contribution in [0, 0.1) is 0 Å². The maximum Gasteiger partial charge on any atom is 0.303 e. The molecule has 1 N–H and O–H groups in total. The number of carboxylic acid groups (broad SMARTS) is 1. The van der Waals surface area contributed by atoms with Gasteiger partial charge in [0.2, 0.25) is 0 Å². The Hall–Kier alpha value is -2.25. The largest absolute Gasteiger partial charge is 0.481 e. The summed E-state index contributed by atoms with van der Waals surface area (Å²) in [5.74, 6) is -1.05. The first kappa shape index (κ1) is 16.6. The van der Waals surface area contributed by atoms with Crippen LogP contribution in [0.2, 0.25) is 0 Å². The van der Waals surface area contributed by atoms with Crippen LogP contribution in [0.3, 0.4) is 0 Å². The number of benzene rings is 1. The van der Waals surface area contributed by atoms with Crippen LogP contribution in [0.15, 0.2) is 41.4 Å². The van der Waals surface area contributed by atoms with Crippen molar-refractivity contribution in [3.63, 3.8) is 0 Å². The normalized spacial score (nSPS) is 16.3. The Bertz CT molecular complexity index is 859.